The summed E-state index contributed by atoms with van der Waals surface area (Å²) in [6.07, 6.45) is 6.24. The number of benzene rings is 1. The van der Waals surface area contributed by atoms with Gasteiger partial charge in [0.25, 0.3) is 5.91 Å². The van der Waals surface area contributed by atoms with Crippen molar-refractivity contribution in [3.63, 3.8) is 0 Å². The molecule has 5 aromatic rings. The number of nitrogens with zero attached hydrogens (tertiary/aromatic N) is 8. The molecule has 11 heteroatoms. The van der Waals surface area contributed by atoms with Crippen molar-refractivity contribution in [2.75, 3.05) is 5.32 Å². The lowest BCUT2D eigenvalue weighted by Crippen LogP contribution is -2.15. The second-order valence-electron chi connectivity index (χ2n) is 6.58. The molecular formula is C20H14ClN9O. The van der Waals surface area contributed by atoms with Crippen molar-refractivity contribution in [2.45, 2.75) is 6.92 Å². The summed E-state index contributed by atoms with van der Waals surface area (Å²) in [4.78, 5) is 22.7. The molecule has 4 aromatic heterocycles. The van der Waals surface area contributed by atoms with Gasteiger partial charge in [0.2, 0.25) is 0 Å². The number of rotatable bonds is 4. The number of amides is 1. The van der Waals surface area contributed by atoms with E-state index in [1.165, 1.54) is 23.4 Å². The fourth-order valence-corrected chi connectivity index (χ4v) is 3.44. The number of halogens is 1. The second kappa shape index (κ2) is 7.58. The molecular weight excluding hydrogens is 418 g/mol. The molecule has 0 spiro atoms. The number of carbonyl (C=O) groups is 1. The summed E-state index contributed by atoms with van der Waals surface area (Å²) < 4.78 is 1.62. The molecule has 1 aromatic carbocycles. The van der Waals surface area contributed by atoms with Crippen LogP contribution in [0.15, 0.2) is 61.2 Å². The predicted molar refractivity (Wildman–Crippen MR) is 114 cm³/mol. The topological polar surface area (TPSA) is 116 Å². The highest BCUT2D eigenvalue weighted by atomic mass is 35.5. The minimum atomic E-state index is -0.426. The van der Waals surface area contributed by atoms with Crippen LogP contribution in [0.5, 0.6) is 0 Å². The standard InChI is InChI=1S/C20H14ClN9O/c1-12-18(27-28-29(12)17-6-2-5-16-14(17)4-3-7-22-16)20(31)26-13-10-15(21)19(23-11-13)30-24-8-9-25-30/h2-11H,1H3,(H,26,31). The van der Waals surface area contributed by atoms with Gasteiger partial charge in [0.1, 0.15) is 0 Å². The summed E-state index contributed by atoms with van der Waals surface area (Å²) in [6, 6.07) is 11.1. The number of fused-ring (bicyclic) bond motifs is 1. The zero-order valence-corrected chi connectivity index (χ0v) is 16.9. The molecule has 0 fully saturated rings. The third-order valence-corrected chi connectivity index (χ3v) is 4.93. The fraction of sp³-hybridized carbons (Fsp3) is 0.0500. The van der Waals surface area contributed by atoms with Crippen LogP contribution in [-0.2, 0) is 0 Å². The molecule has 0 bridgehead atoms. The quantitative estimate of drug-likeness (QED) is 0.464. The largest absolute Gasteiger partial charge is 0.319 e. The number of pyridine rings is 2. The molecule has 0 saturated heterocycles. The van der Waals surface area contributed by atoms with Gasteiger partial charge in [0.15, 0.2) is 11.5 Å². The normalized spacial score (nSPS) is 11.0. The number of nitrogens with one attached hydrogen (secondary N) is 1. The molecule has 10 nitrogen and oxygen atoms in total. The highest BCUT2D eigenvalue weighted by Gasteiger charge is 2.19. The van der Waals surface area contributed by atoms with E-state index in [9.17, 15) is 4.79 Å². The summed E-state index contributed by atoms with van der Waals surface area (Å²) >= 11 is 6.27. The third-order valence-electron chi connectivity index (χ3n) is 4.65. The molecule has 1 amide bonds. The number of carbonyl (C=O) groups excluding carboxylic acids is 1. The summed E-state index contributed by atoms with van der Waals surface area (Å²) in [7, 11) is 0. The Morgan fingerprint density at radius 1 is 1.06 bits per heavy atom. The van der Waals surface area contributed by atoms with Crippen molar-refractivity contribution in [1.82, 2.24) is 40.0 Å². The van der Waals surface area contributed by atoms with E-state index >= 15 is 0 Å². The molecule has 0 aliphatic rings. The van der Waals surface area contributed by atoms with Gasteiger partial charge in [-0.2, -0.15) is 10.2 Å². The Kier molecular flexibility index (Phi) is 4.60. The average molecular weight is 432 g/mol. The van der Waals surface area contributed by atoms with Crippen molar-refractivity contribution in [1.29, 1.82) is 0 Å². The Hall–Kier alpha value is -4.18. The van der Waals surface area contributed by atoms with Gasteiger partial charge in [-0.15, -0.1) is 9.90 Å². The van der Waals surface area contributed by atoms with Crippen LogP contribution in [-0.4, -0.2) is 45.9 Å². The molecule has 0 saturated carbocycles. The summed E-state index contributed by atoms with van der Waals surface area (Å²) in [5.41, 5.74) is 2.80. The Bertz CT molecular complexity index is 1410. The number of anilines is 1. The first-order valence-corrected chi connectivity index (χ1v) is 9.59. The lowest BCUT2D eigenvalue weighted by Gasteiger charge is -2.08. The van der Waals surface area contributed by atoms with E-state index in [1.807, 2.05) is 30.3 Å². The lowest BCUT2D eigenvalue weighted by molar-refractivity contribution is 0.102. The van der Waals surface area contributed by atoms with E-state index in [0.29, 0.717) is 17.2 Å². The predicted octanol–water partition coefficient (Wildman–Crippen LogP) is 3.01. The van der Waals surface area contributed by atoms with Gasteiger partial charge in [0.05, 0.1) is 46.2 Å². The van der Waals surface area contributed by atoms with Gasteiger partial charge in [-0.25, -0.2) is 9.67 Å². The maximum absolute atomic E-state index is 12.8. The van der Waals surface area contributed by atoms with Crippen molar-refractivity contribution in [3.05, 3.63) is 77.6 Å². The Balaban J connectivity index is 1.44. The van der Waals surface area contributed by atoms with Crippen molar-refractivity contribution >= 4 is 34.1 Å². The van der Waals surface area contributed by atoms with Gasteiger partial charge in [-0.05, 0) is 37.3 Å². The van der Waals surface area contributed by atoms with Crippen LogP contribution in [0.25, 0.3) is 22.4 Å². The first-order valence-electron chi connectivity index (χ1n) is 9.22. The van der Waals surface area contributed by atoms with Crippen molar-refractivity contribution < 1.29 is 4.79 Å². The van der Waals surface area contributed by atoms with Gasteiger partial charge in [-0.3, -0.25) is 9.78 Å². The summed E-state index contributed by atoms with van der Waals surface area (Å²) in [5, 5.41) is 20.2. The first kappa shape index (κ1) is 18.8. The van der Waals surface area contributed by atoms with Gasteiger partial charge < -0.3 is 5.32 Å². The lowest BCUT2D eigenvalue weighted by atomic mass is 10.2. The highest BCUT2D eigenvalue weighted by molar-refractivity contribution is 6.32. The van der Waals surface area contributed by atoms with Crippen LogP contribution >= 0.6 is 11.6 Å². The molecule has 0 unspecified atom stereocenters. The molecule has 0 aliphatic carbocycles. The molecule has 1 N–H and O–H groups in total. The van der Waals surface area contributed by atoms with Gasteiger partial charge in [-0.1, -0.05) is 22.9 Å². The average Bonchev–Trinajstić information content (AvgIpc) is 3.43. The maximum atomic E-state index is 12.8. The SMILES string of the molecule is Cc1c(C(=O)Nc2cnc(-n3nccn3)c(Cl)c2)nnn1-c1cccc2ncccc12. The number of aromatic nitrogens is 8. The second-order valence-corrected chi connectivity index (χ2v) is 6.99. The van der Waals surface area contributed by atoms with Crippen LogP contribution in [0, 0.1) is 6.92 Å². The Morgan fingerprint density at radius 3 is 2.71 bits per heavy atom. The third kappa shape index (κ3) is 3.38. The summed E-state index contributed by atoms with van der Waals surface area (Å²) in [6.45, 7) is 1.78. The van der Waals surface area contributed by atoms with E-state index in [1.54, 1.807) is 23.9 Å². The Morgan fingerprint density at radius 2 is 1.90 bits per heavy atom. The molecule has 4 heterocycles. The smallest absolute Gasteiger partial charge is 0.278 e. The van der Waals surface area contributed by atoms with Gasteiger partial charge in [0, 0.05) is 11.6 Å². The molecule has 152 valence electrons. The molecule has 0 atom stereocenters. The van der Waals surface area contributed by atoms with Crippen LogP contribution in [0.2, 0.25) is 5.02 Å². The van der Waals surface area contributed by atoms with Crippen molar-refractivity contribution in [3.8, 4) is 11.5 Å². The molecule has 0 radical (unpaired) electrons. The van der Waals surface area contributed by atoms with Crippen LogP contribution in [0.3, 0.4) is 0 Å². The number of hydrogen-bond acceptors (Lipinski definition) is 7. The maximum Gasteiger partial charge on any atom is 0.278 e. The Labute approximate surface area is 180 Å². The monoisotopic (exact) mass is 431 g/mol. The molecule has 5 rings (SSSR count). The fourth-order valence-electron chi connectivity index (χ4n) is 3.20. The zero-order chi connectivity index (χ0) is 21.4. The van der Waals surface area contributed by atoms with E-state index in [2.05, 4.69) is 35.8 Å². The zero-order valence-electron chi connectivity index (χ0n) is 16.1. The highest BCUT2D eigenvalue weighted by Crippen LogP contribution is 2.23. The van der Waals surface area contributed by atoms with Crippen LogP contribution in [0.1, 0.15) is 16.2 Å². The van der Waals surface area contributed by atoms with Crippen LogP contribution in [0.4, 0.5) is 5.69 Å². The van der Waals surface area contributed by atoms with E-state index in [-0.39, 0.29) is 10.7 Å². The van der Waals surface area contributed by atoms with E-state index in [4.69, 9.17) is 11.6 Å². The van der Waals surface area contributed by atoms with E-state index < -0.39 is 5.91 Å². The number of hydrogen-bond donors (Lipinski definition) is 1. The van der Waals surface area contributed by atoms with Crippen molar-refractivity contribution in [2.24, 2.45) is 0 Å². The van der Waals surface area contributed by atoms with Gasteiger partial charge >= 0.3 is 0 Å². The minimum Gasteiger partial charge on any atom is -0.319 e. The van der Waals surface area contributed by atoms with Crippen LogP contribution < -0.4 is 5.32 Å². The summed E-state index contributed by atoms with van der Waals surface area (Å²) in [5.74, 6) is -0.0682. The van der Waals surface area contributed by atoms with E-state index in [0.717, 1.165) is 16.6 Å². The molecule has 0 aliphatic heterocycles. The minimum absolute atomic E-state index is 0.190. The molecule has 31 heavy (non-hydrogen) atoms. The first-order chi connectivity index (χ1) is 15.1.